The fourth-order valence-electron chi connectivity index (χ4n) is 5.82. The normalized spacial score (nSPS) is 35.0. The van der Waals surface area contributed by atoms with Crippen LogP contribution in [0.1, 0.15) is 26.7 Å². The van der Waals surface area contributed by atoms with Gasteiger partial charge in [0.2, 0.25) is 11.8 Å². The van der Waals surface area contributed by atoms with E-state index < -0.39 is 18.0 Å². The number of nitrogens with zero attached hydrogens (tertiary/aromatic N) is 3. The molecule has 2 amide bonds. The zero-order valence-electron chi connectivity index (χ0n) is 19.2. The highest BCUT2D eigenvalue weighted by Gasteiger charge is 2.60. The molecule has 0 aromatic rings. The third kappa shape index (κ3) is 4.15. The number of likely N-dealkylation sites (tertiary alicyclic amines) is 2. The van der Waals surface area contributed by atoms with Crippen molar-refractivity contribution in [3.8, 4) is 0 Å². The maximum absolute atomic E-state index is 13.2. The number of rotatable bonds is 8. The summed E-state index contributed by atoms with van der Waals surface area (Å²) in [7, 11) is 1.93. The summed E-state index contributed by atoms with van der Waals surface area (Å²) in [5.41, 5.74) is 0.0397. The van der Waals surface area contributed by atoms with E-state index in [1.54, 1.807) is 6.92 Å². The number of nitrogens with one attached hydrogen (secondary N) is 2. The molecule has 0 saturated carbocycles. The fourth-order valence-corrected chi connectivity index (χ4v) is 7.42. The van der Waals surface area contributed by atoms with Gasteiger partial charge in [-0.15, -0.1) is 11.8 Å². The van der Waals surface area contributed by atoms with Crippen molar-refractivity contribution in [2.75, 3.05) is 33.2 Å². The second kappa shape index (κ2) is 9.27. The molecule has 33 heavy (non-hydrogen) atoms. The predicted molar refractivity (Wildman–Crippen MR) is 124 cm³/mol. The van der Waals surface area contributed by atoms with E-state index in [9.17, 15) is 24.6 Å². The quantitative estimate of drug-likeness (QED) is 0.217. The minimum atomic E-state index is -1.12. The summed E-state index contributed by atoms with van der Waals surface area (Å²) in [6.07, 6.45) is 1.91. The third-order valence-electron chi connectivity index (χ3n) is 7.51. The van der Waals surface area contributed by atoms with Gasteiger partial charge in [0.15, 0.2) is 0 Å². The minimum absolute atomic E-state index is 0.0397. The van der Waals surface area contributed by atoms with E-state index in [0.29, 0.717) is 36.9 Å². The van der Waals surface area contributed by atoms with Crippen molar-refractivity contribution in [3.63, 3.8) is 0 Å². The molecule has 4 heterocycles. The van der Waals surface area contributed by atoms with E-state index in [2.05, 4.69) is 5.32 Å². The first-order valence-corrected chi connectivity index (χ1v) is 12.4. The van der Waals surface area contributed by atoms with Crippen LogP contribution in [0.3, 0.4) is 0 Å². The molecule has 0 radical (unpaired) electrons. The van der Waals surface area contributed by atoms with Gasteiger partial charge >= 0.3 is 5.97 Å². The van der Waals surface area contributed by atoms with Crippen LogP contribution in [0.4, 0.5) is 0 Å². The molecule has 0 aromatic heterocycles. The number of β-lactam (4-membered cyclic amide) rings is 1. The van der Waals surface area contributed by atoms with Crippen molar-refractivity contribution in [1.29, 1.82) is 5.41 Å². The Hall–Kier alpha value is -2.11. The van der Waals surface area contributed by atoms with Gasteiger partial charge in [-0.25, -0.2) is 4.79 Å². The number of amides is 2. The lowest BCUT2D eigenvalue weighted by molar-refractivity contribution is -0.163. The zero-order chi connectivity index (χ0) is 24.0. The zero-order valence-corrected chi connectivity index (χ0v) is 20.0. The molecule has 4 rings (SSSR count). The second-order valence-electron chi connectivity index (χ2n) is 9.69. The lowest BCUT2D eigenvalue weighted by Gasteiger charge is -2.46. The first kappa shape index (κ1) is 24.0. The smallest absolute Gasteiger partial charge is 0.353 e. The molecule has 182 valence electrons. The number of likely N-dealkylation sites (N-methyl/N-ethyl adjacent to an activating group) is 1. The Labute approximate surface area is 197 Å². The van der Waals surface area contributed by atoms with E-state index in [4.69, 9.17) is 5.41 Å². The third-order valence-corrected chi connectivity index (χ3v) is 9.00. The van der Waals surface area contributed by atoms with Gasteiger partial charge in [0.25, 0.3) is 0 Å². The molecule has 3 saturated heterocycles. The van der Waals surface area contributed by atoms with Gasteiger partial charge in [0, 0.05) is 42.3 Å². The maximum Gasteiger partial charge on any atom is 0.353 e. The monoisotopic (exact) mass is 479 g/mol. The Morgan fingerprint density at radius 1 is 1.36 bits per heavy atom. The van der Waals surface area contributed by atoms with Crippen molar-refractivity contribution in [1.82, 2.24) is 20.0 Å². The molecular weight excluding hydrogens is 446 g/mol. The van der Waals surface area contributed by atoms with Gasteiger partial charge in [-0.3, -0.25) is 19.9 Å². The van der Waals surface area contributed by atoms with Crippen molar-refractivity contribution in [3.05, 3.63) is 10.6 Å². The summed E-state index contributed by atoms with van der Waals surface area (Å²) in [5.74, 6) is -1.73. The average Bonchev–Trinajstić information content (AvgIpc) is 3.42. The Morgan fingerprint density at radius 3 is 2.73 bits per heavy atom. The lowest BCUT2D eigenvalue weighted by Crippen LogP contribution is -2.63. The van der Waals surface area contributed by atoms with Gasteiger partial charge in [-0.1, -0.05) is 6.92 Å². The number of thioether (sulfide) groups is 1. The summed E-state index contributed by atoms with van der Waals surface area (Å²) in [6.45, 7) is 6.26. The van der Waals surface area contributed by atoms with E-state index in [1.807, 2.05) is 23.8 Å². The fraction of sp³-hybridized carbons (Fsp3) is 0.727. The first-order chi connectivity index (χ1) is 15.6. The SMILES string of the molecule is C[C@@H](O)[C@H]1C(=O)N2C(C(=O)O)=C(S[C@H]3C[C@@H](C(=O)N4CC[C@H](CNC=N)C4)N(C)C3)[C@H](C)[C@H]12. The highest BCUT2D eigenvalue weighted by Crippen LogP contribution is 2.52. The standard InChI is InChI=1S/C22H33N5O5S/c1-11-17-16(12(2)28)21(30)27(17)18(22(31)32)19(11)33-14-6-15(25(3)9-14)20(29)26-5-4-13(8-26)7-24-10-23/h10-17,28H,4-9H2,1-3H3,(H2,23,24)(H,31,32)/t11-,12-,13-,14+,15+,16-,17-/m1/s1. The largest absolute Gasteiger partial charge is 0.477 e. The summed E-state index contributed by atoms with van der Waals surface area (Å²) in [4.78, 5) is 43.8. The van der Waals surface area contributed by atoms with Crippen molar-refractivity contribution < 1.29 is 24.6 Å². The number of aliphatic hydroxyl groups excluding tert-OH is 1. The Bertz CT molecular complexity index is 879. The molecule has 0 aliphatic carbocycles. The Morgan fingerprint density at radius 2 is 2.09 bits per heavy atom. The van der Waals surface area contributed by atoms with Gasteiger partial charge in [0.05, 0.1) is 30.4 Å². The highest BCUT2D eigenvalue weighted by atomic mass is 32.2. The molecule has 11 heteroatoms. The number of carboxylic acids is 1. The minimum Gasteiger partial charge on any atom is -0.477 e. The molecule has 0 unspecified atom stereocenters. The molecule has 3 fully saturated rings. The number of aliphatic carboxylic acids is 1. The summed E-state index contributed by atoms with van der Waals surface area (Å²) in [6, 6.07) is -0.565. The molecule has 4 aliphatic heterocycles. The summed E-state index contributed by atoms with van der Waals surface area (Å²) < 4.78 is 0. The molecule has 4 aliphatic rings. The van der Waals surface area contributed by atoms with Crippen LogP contribution in [0.15, 0.2) is 10.6 Å². The van der Waals surface area contributed by atoms with Crippen molar-refractivity contribution >= 4 is 35.9 Å². The van der Waals surface area contributed by atoms with Gasteiger partial charge in [0.1, 0.15) is 5.70 Å². The molecule has 0 bridgehead atoms. The van der Waals surface area contributed by atoms with Crippen LogP contribution >= 0.6 is 11.8 Å². The Kier molecular flexibility index (Phi) is 6.75. The number of carbonyl (C=O) groups is 3. The number of hydrogen-bond donors (Lipinski definition) is 4. The van der Waals surface area contributed by atoms with Gasteiger partial charge in [-0.2, -0.15) is 0 Å². The number of fused-ring (bicyclic) bond motifs is 1. The van der Waals surface area contributed by atoms with Crippen LogP contribution < -0.4 is 5.32 Å². The molecule has 0 aromatic carbocycles. The molecule has 10 nitrogen and oxygen atoms in total. The Balaban J connectivity index is 1.43. The maximum atomic E-state index is 13.2. The van der Waals surface area contributed by atoms with Crippen LogP contribution in [-0.4, -0.2) is 106 Å². The molecular formula is C22H33N5O5S. The van der Waals surface area contributed by atoms with Crippen LogP contribution in [0.2, 0.25) is 0 Å². The number of carbonyl (C=O) groups excluding carboxylic acids is 2. The molecule has 4 N–H and O–H groups in total. The van der Waals surface area contributed by atoms with Gasteiger partial charge < -0.3 is 25.3 Å². The predicted octanol–water partition coefficient (Wildman–Crippen LogP) is -0.00883. The molecule has 7 atom stereocenters. The van der Waals surface area contributed by atoms with Crippen LogP contribution in [0.25, 0.3) is 0 Å². The van der Waals surface area contributed by atoms with E-state index in [-0.39, 0.29) is 40.8 Å². The lowest BCUT2D eigenvalue weighted by atomic mass is 9.79. The van der Waals surface area contributed by atoms with Crippen molar-refractivity contribution in [2.45, 2.75) is 50.1 Å². The molecule has 0 spiro atoms. The number of carboxylic acid groups (broad SMARTS) is 1. The van der Waals surface area contributed by atoms with E-state index in [0.717, 1.165) is 13.0 Å². The average molecular weight is 480 g/mol. The summed E-state index contributed by atoms with van der Waals surface area (Å²) >= 11 is 1.48. The first-order valence-electron chi connectivity index (χ1n) is 11.5. The van der Waals surface area contributed by atoms with E-state index >= 15 is 0 Å². The van der Waals surface area contributed by atoms with Crippen LogP contribution in [-0.2, 0) is 14.4 Å². The van der Waals surface area contributed by atoms with E-state index in [1.165, 1.54) is 23.0 Å². The van der Waals surface area contributed by atoms with Crippen LogP contribution in [0, 0.1) is 23.2 Å². The van der Waals surface area contributed by atoms with Gasteiger partial charge in [-0.05, 0) is 32.7 Å². The van der Waals surface area contributed by atoms with Crippen molar-refractivity contribution in [2.24, 2.45) is 17.8 Å². The number of aliphatic hydroxyl groups is 1. The highest BCUT2D eigenvalue weighted by molar-refractivity contribution is 8.03. The topological polar surface area (TPSA) is 137 Å². The number of hydrogen-bond acceptors (Lipinski definition) is 7. The second-order valence-corrected chi connectivity index (χ2v) is 11.0. The summed E-state index contributed by atoms with van der Waals surface area (Å²) in [5, 5.41) is 29.9. The van der Waals surface area contributed by atoms with Crippen LogP contribution in [0.5, 0.6) is 0 Å².